The number of nitrogens with zero attached hydrogens (tertiary/aromatic N) is 2. The van der Waals surface area contributed by atoms with Crippen LogP contribution in [0, 0.1) is 10.1 Å². The highest BCUT2D eigenvalue weighted by Crippen LogP contribution is 2.43. The van der Waals surface area contributed by atoms with Gasteiger partial charge in [-0.15, -0.1) is 0 Å². The number of β-amino-alcohol motifs (C(OH)–C–C–N with tert-alkyl or cyclic N) is 1. The van der Waals surface area contributed by atoms with Gasteiger partial charge in [0.1, 0.15) is 23.3 Å². The highest BCUT2D eigenvalue weighted by atomic mass is 19.4. The number of alkyl halides is 3. The average Bonchev–Trinajstić information content (AvgIpc) is 2.65. The van der Waals surface area contributed by atoms with Crippen molar-refractivity contribution in [3.63, 3.8) is 0 Å². The SMILES string of the molecule is COc1ccc(OC)c2c1CN(c1ccc(C(F)(F)F)cc1[N+](=O)[O-])C[C@@H]2O. The van der Waals surface area contributed by atoms with Crippen molar-refractivity contribution in [2.45, 2.75) is 18.8 Å². The fourth-order valence-corrected chi connectivity index (χ4v) is 3.37. The molecule has 10 heteroatoms. The summed E-state index contributed by atoms with van der Waals surface area (Å²) in [5.74, 6) is 0.874. The van der Waals surface area contributed by atoms with E-state index < -0.39 is 28.5 Å². The standard InChI is InChI=1S/C18H17F3N2O5/c1-27-15-5-6-16(28-2)17-11(15)8-22(9-14(17)24)12-4-3-10(18(19,20)21)7-13(12)23(25)26/h3-7,14,24H,8-9H2,1-2H3/t14-/m0/s1. The number of hydrogen-bond donors (Lipinski definition) is 1. The van der Waals surface area contributed by atoms with Crippen molar-refractivity contribution < 1.29 is 32.7 Å². The third-order valence-electron chi connectivity index (χ3n) is 4.63. The van der Waals surface area contributed by atoms with E-state index in [1.807, 2.05) is 0 Å². The summed E-state index contributed by atoms with van der Waals surface area (Å²) in [6.45, 7) is 0.0434. The summed E-state index contributed by atoms with van der Waals surface area (Å²) < 4.78 is 49.4. The fraction of sp³-hybridized carbons (Fsp3) is 0.333. The van der Waals surface area contributed by atoms with Crippen molar-refractivity contribution in [3.8, 4) is 11.5 Å². The Morgan fingerprint density at radius 1 is 1.18 bits per heavy atom. The molecule has 1 N–H and O–H groups in total. The number of aliphatic hydroxyl groups excluding tert-OH is 1. The lowest BCUT2D eigenvalue weighted by atomic mass is 9.94. The van der Waals surface area contributed by atoms with E-state index in [4.69, 9.17) is 9.47 Å². The number of ether oxygens (including phenoxy) is 2. The molecule has 0 saturated carbocycles. The number of aliphatic hydroxyl groups is 1. The molecule has 2 aromatic carbocycles. The van der Waals surface area contributed by atoms with Gasteiger partial charge in [-0.1, -0.05) is 0 Å². The van der Waals surface area contributed by atoms with Gasteiger partial charge in [0, 0.05) is 30.3 Å². The highest BCUT2D eigenvalue weighted by molar-refractivity contribution is 5.67. The van der Waals surface area contributed by atoms with Crippen LogP contribution in [0.3, 0.4) is 0 Å². The predicted molar refractivity (Wildman–Crippen MR) is 93.7 cm³/mol. The van der Waals surface area contributed by atoms with Crippen molar-refractivity contribution in [1.29, 1.82) is 0 Å². The molecule has 0 amide bonds. The van der Waals surface area contributed by atoms with Crippen LogP contribution in [0.2, 0.25) is 0 Å². The number of methoxy groups -OCH3 is 2. The smallest absolute Gasteiger partial charge is 0.416 e. The van der Waals surface area contributed by atoms with E-state index in [0.717, 1.165) is 12.1 Å². The molecule has 7 nitrogen and oxygen atoms in total. The Bertz CT molecular complexity index is 917. The molecule has 3 rings (SSSR count). The van der Waals surface area contributed by atoms with E-state index in [0.29, 0.717) is 28.7 Å². The minimum Gasteiger partial charge on any atom is -0.496 e. The van der Waals surface area contributed by atoms with Crippen LogP contribution in [0.5, 0.6) is 11.5 Å². The van der Waals surface area contributed by atoms with Gasteiger partial charge in [-0.25, -0.2) is 0 Å². The number of fused-ring (bicyclic) bond motifs is 1. The first-order chi connectivity index (χ1) is 13.2. The molecule has 2 aromatic rings. The van der Waals surface area contributed by atoms with Crippen LogP contribution < -0.4 is 14.4 Å². The summed E-state index contributed by atoms with van der Waals surface area (Å²) in [7, 11) is 2.88. The Balaban J connectivity index is 2.09. The van der Waals surface area contributed by atoms with Crippen LogP contribution in [-0.4, -0.2) is 30.8 Å². The minimum atomic E-state index is -4.70. The van der Waals surface area contributed by atoms with Gasteiger partial charge in [0.15, 0.2) is 0 Å². The van der Waals surface area contributed by atoms with E-state index in [-0.39, 0.29) is 18.8 Å². The van der Waals surface area contributed by atoms with Gasteiger partial charge in [-0.2, -0.15) is 13.2 Å². The number of benzene rings is 2. The van der Waals surface area contributed by atoms with E-state index in [2.05, 4.69) is 0 Å². The summed E-state index contributed by atoms with van der Waals surface area (Å²) in [6, 6.07) is 5.60. The molecule has 0 bridgehead atoms. The Morgan fingerprint density at radius 3 is 2.39 bits per heavy atom. The number of hydrogen-bond acceptors (Lipinski definition) is 6. The molecule has 1 atom stereocenters. The van der Waals surface area contributed by atoms with Gasteiger partial charge < -0.3 is 19.5 Å². The molecular weight excluding hydrogens is 381 g/mol. The fourth-order valence-electron chi connectivity index (χ4n) is 3.37. The van der Waals surface area contributed by atoms with Crippen molar-refractivity contribution in [2.75, 3.05) is 25.7 Å². The van der Waals surface area contributed by atoms with E-state index in [1.54, 1.807) is 12.1 Å². The maximum Gasteiger partial charge on any atom is 0.416 e. The molecule has 0 spiro atoms. The van der Waals surface area contributed by atoms with Crippen molar-refractivity contribution in [3.05, 3.63) is 57.1 Å². The molecule has 28 heavy (non-hydrogen) atoms. The zero-order valence-electron chi connectivity index (χ0n) is 15.0. The molecule has 1 aliphatic heterocycles. The molecule has 0 radical (unpaired) electrons. The van der Waals surface area contributed by atoms with Crippen LogP contribution >= 0.6 is 0 Å². The lowest BCUT2D eigenvalue weighted by molar-refractivity contribution is -0.384. The predicted octanol–water partition coefficient (Wildman–Crippen LogP) is 3.68. The number of nitro benzene ring substituents is 1. The van der Waals surface area contributed by atoms with E-state index in [1.165, 1.54) is 19.1 Å². The Morgan fingerprint density at radius 2 is 1.82 bits per heavy atom. The zero-order valence-corrected chi connectivity index (χ0v) is 15.0. The van der Waals surface area contributed by atoms with Crippen molar-refractivity contribution >= 4 is 11.4 Å². The lowest BCUT2D eigenvalue weighted by Crippen LogP contribution is -2.34. The Kier molecular flexibility index (Phi) is 5.07. The molecule has 0 unspecified atom stereocenters. The molecule has 0 aliphatic carbocycles. The minimum absolute atomic E-state index is 0.0208. The summed E-state index contributed by atoms with van der Waals surface area (Å²) in [5.41, 5.74) is -0.775. The van der Waals surface area contributed by atoms with Crippen LogP contribution in [0.4, 0.5) is 24.5 Å². The lowest BCUT2D eigenvalue weighted by Gasteiger charge is -2.35. The summed E-state index contributed by atoms with van der Waals surface area (Å²) >= 11 is 0. The van der Waals surface area contributed by atoms with Gasteiger partial charge in [0.25, 0.3) is 5.69 Å². The van der Waals surface area contributed by atoms with E-state index >= 15 is 0 Å². The quantitative estimate of drug-likeness (QED) is 0.625. The molecule has 0 aromatic heterocycles. The van der Waals surface area contributed by atoms with Crippen molar-refractivity contribution in [1.82, 2.24) is 0 Å². The van der Waals surface area contributed by atoms with Crippen molar-refractivity contribution in [2.24, 2.45) is 0 Å². The average molecular weight is 398 g/mol. The topological polar surface area (TPSA) is 85.1 Å². The second-order valence-electron chi connectivity index (χ2n) is 6.22. The second kappa shape index (κ2) is 7.19. The summed E-state index contributed by atoms with van der Waals surface area (Å²) in [4.78, 5) is 12.0. The summed E-state index contributed by atoms with van der Waals surface area (Å²) in [6.07, 6.45) is -5.77. The maximum absolute atomic E-state index is 12.9. The van der Waals surface area contributed by atoms with Gasteiger partial charge in [0.2, 0.25) is 0 Å². The highest BCUT2D eigenvalue weighted by Gasteiger charge is 2.36. The summed E-state index contributed by atoms with van der Waals surface area (Å²) in [5, 5.41) is 22.0. The first-order valence-corrected chi connectivity index (χ1v) is 8.19. The first-order valence-electron chi connectivity index (χ1n) is 8.19. The number of rotatable bonds is 4. The molecule has 1 heterocycles. The van der Waals surface area contributed by atoms with Crippen LogP contribution in [0.15, 0.2) is 30.3 Å². The number of anilines is 1. The zero-order chi connectivity index (χ0) is 20.6. The van der Waals surface area contributed by atoms with Gasteiger partial charge in [-0.3, -0.25) is 10.1 Å². The molecular formula is C18H17F3N2O5. The number of halogens is 3. The monoisotopic (exact) mass is 398 g/mol. The first kappa shape index (κ1) is 19.7. The molecule has 0 saturated heterocycles. The van der Waals surface area contributed by atoms with Gasteiger partial charge in [0.05, 0.1) is 24.7 Å². The molecule has 1 aliphatic rings. The largest absolute Gasteiger partial charge is 0.496 e. The van der Waals surface area contributed by atoms with Gasteiger partial charge in [-0.05, 0) is 24.3 Å². The van der Waals surface area contributed by atoms with Gasteiger partial charge >= 0.3 is 6.18 Å². The third kappa shape index (κ3) is 3.42. The van der Waals surface area contributed by atoms with Crippen LogP contribution in [0.1, 0.15) is 22.8 Å². The molecule has 0 fully saturated rings. The van der Waals surface area contributed by atoms with E-state index in [9.17, 15) is 28.4 Å². The number of nitro groups is 1. The van der Waals surface area contributed by atoms with Crippen LogP contribution in [0.25, 0.3) is 0 Å². The second-order valence-corrected chi connectivity index (χ2v) is 6.22. The Labute approximate surface area is 158 Å². The normalized spacial score (nSPS) is 16.5. The maximum atomic E-state index is 12.9. The third-order valence-corrected chi connectivity index (χ3v) is 4.63. The van der Waals surface area contributed by atoms with Crippen LogP contribution in [-0.2, 0) is 12.7 Å². The Hall–Kier alpha value is -3.01. The molecule has 150 valence electrons.